The van der Waals surface area contributed by atoms with E-state index in [9.17, 15) is 4.39 Å². The Morgan fingerprint density at radius 3 is 2.93 bits per heavy atom. The fourth-order valence-electron chi connectivity index (χ4n) is 1.03. The number of benzene rings is 1. The highest BCUT2D eigenvalue weighted by Gasteiger charge is 2.01. The van der Waals surface area contributed by atoms with Crippen LogP contribution in [0.5, 0.6) is 0 Å². The minimum absolute atomic E-state index is 0.294. The van der Waals surface area contributed by atoms with E-state index in [-0.39, 0.29) is 0 Å². The molecule has 0 radical (unpaired) electrons. The molecule has 0 aromatic heterocycles. The number of nitriles is 1. The minimum Gasteiger partial charge on any atom is -0.383 e. The van der Waals surface area contributed by atoms with Gasteiger partial charge in [0.2, 0.25) is 0 Å². The van der Waals surface area contributed by atoms with E-state index < -0.39 is 5.82 Å². The van der Waals surface area contributed by atoms with Gasteiger partial charge in [-0.05, 0) is 18.2 Å². The molecular formula is C11H9FN2. The maximum Gasteiger partial charge on any atom is 0.124 e. The highest BCUT2D eigenvalue weighted by atomic mass is 19.1. The maximum absolute atomic E-state index is 12.7. The molecule has 0 aliphatic carbocycles. The smallest absolute Gasteiger partial charge is 0.124 e. The quantitative estimate of drug-likeness (QED) is 0.582. The second kappa shape index (κ2) is 4.89. The van der Waals surface area contributed by atoms with E-state index >= 15 is 0 Å². The highest BCUT2D eigenvalue weighted by molar-refractivity contribution is 5.57. The standard InChI is InChI=1S/C11H9FN2/c1-2-3-6-14-11-5-4-10(12)7-9(11)8-13/h1,4-5,7,14H,3,6H2. The second-order valence-electron chi connectivity index (χ2n) is 2.68. The molecule has 0 fully saturated rings. The van der Waals surface area contributed by atoms with Crippen LogP contribution in [0.2, 0.25) is 0 Å². The zero-order chi connectivity index (χ0) is 10.4. The van der Waals surface area contributed by atoms with Gasteiger partial charge in [-0.2, -0.15) is 5.26 Å². The maximum atomic E-state index is 12.7. The first-order chi connectivity index (χ1) is 6.77. The fraction of sp³-hybridized carbons (Fsp3) is 0.182. The van der Waals surface area contributed by atoms with Crippen LogP contribution >= 0.6 is 0 Å². The third-order valence-corrected chi connectivity index (χ3v) is 1.69. The summed E-state index contributed by atoms with van der Waals surface area (Å²) in [6, 6.07) is 5.94. The van der Waals surface area contributed by atoms with Gasteiger partial charge in [-0.3, -0.25) is 0 Å². The van der Waals surface area contributed by atoms with Gasteiger partial charge in [0, 0.05) is 13.0 Å². The number of hydrogen-bond acceptors (Lipinski definition) is 2. The predicted molar refractivity (Wildman–Crippen MR) is 53.1 cm³/mol. The van der Waals surface area contributed by atoms with Crippen molar-refractivity contribution in [3.8, 4) is 18.4 Å². The van der Waals surface area contributed by atoms with Crippen LogP contribution in [0, 0.1) is 29.5 Å². The molecule has 0 saturated heterocycles. The van der Waals surface area contributed by atoms with Gasteiger partial charge >= 0.3 is 0 Å². The lowest BCUT2D eigenvalue weighted by Crippen LogP contribution is -2.02. The molecule has 1 N–H and O–H groups in total. The van der Waals surface area contributed by atoms with Gasteiger partial charge in [0.25, 0.3) is 0 Å². The van der Waals surface area contributed by atoms with Gasteiger partial charge in [-0.25, -0.2) is 4.39 Å². The molecular weight excluding hydrogens is 179 g/mol. The van der Waals surface area contributed by atoms with Gasteiger partial charge in [0.1, 0.15) is 11.9 Å². The molecule has 1 aromatic rings. The van der Waals surface area contributed by atoms with Crippen LogP contribution in [0.3, 0.4) is 0 Å². The van der Waals surface area contributed by atoms with Crippen molar-refractivity contribution < 1.29 is 4.39 Å². The summed E-state index contributed by atoms with van der Waals surface area (Å²) in [4.78, 5) is 0. The number of rotatable bonds is 3. The number of halogens is 1. The van der Waals surface area contributed by atoms with Gasteiger partial charge in [0.05, 0.1) is 11.3 Å². The summed E-state index contributed by atoms with van der Waals surface area (Å²) in [6.45, 7) is 0.580. The zero-order valence-corrected chi connectivity index (χ0v) is 7.55. The second-order valence-corrected chi connectivity index (χ2v) is 2.68. The lowest BCUT2D eigenvalue weighted by atomic mass is 10.2. The Morgan fingerprint density at radius 2 is 2.29 bits per heavy atom. The van der Waals surface area contributed by atoms with Crippen molar-refractivity contribution in [3.63, 3.8) is 0 Å². The first-order valence-electron chi connectivity index (χ1n) is 4.15. The van der Waals surface area contributed by atoms with E-state index in [4.69, 9.17) is 11.7 Å². The molecule has 0 saturated carbocycles. The van der Waals surface area contributed by atoms with Crippen molar-refractivity contribution in [2.45, 2.75) is 6.42 Å². The molecule has 0 heterocycles. The summed E-state index contributed by atoms with van der Waals surface area (Å²) in [7, 11) is 0. The third kappa shape index (κ3) is 2.50. The molecule has 0 bridgehead atoms. The molecule has 1 aromatic carbocycles. The Bertz CT molecular complexity index is 399. The van der Waals surface area contributed by atoms with Crippen molar-refractivity contribution in [2.75, 3.05) is 11.9 Å². The van der Waals surface area contributed by atoms with Gasteiger partial charge in [-0.1, -0.05) is 0 Å². The van der Waals surface area contributed by atoms with Crippen LogP contribution in [-0.2, 0) is 0 Å². The molecule has 3 heteroatoms. The van der Waals surface area contributed by atoms with E-state index in [0.29, 0.717) is 24.2 Å². The fourth-order valence-corrected chi connectivity index (χ4v) is 1.03. The molecule has 0 aliphatic heterocycles. The van der Waals surface area contributed by atoms with Crippen LogP contribution in [0.25, 0.3) is 0 Å². The average molecular weight is 188 g/mol. The lowest BCUT2D eigenvalue weighted by Gasteiger charge is -2.05. The summed E-state index contributed by atoms with van der Waals surface area (Å²) in [6.07, 6.45) is 5.64. The minimum atomic E-state index is -0.413. The Labute approximate surface area is 82.4 Å². The van der Waals surface area contributed by atoms with Crippen molar-refractivity contribution >= 4 is 5.69 Å². The predicted octanol–water partition coefficient (Wildman–Crippen LogP) is 2.13. The Kier molecular flexibility index (Phi) is 3.52. The molecule has 0 atom stereocenters. The highest BCUT2D eigenvalue weighted by Crippen LogP contribution is 2.15. The molecule has 0 amide bonds. The van der Waals surface area contributed by atoms with Crippen LogP contribution in [0.1, 0.15) is 12.0 Å². The van der Waals surface area contributed by atoms with E-state index in [1.54, 1.807) is 0 Å². The molecule has 0 aliphatic rings. The molecule has 0 spiro atoms. The van der Waals surface area contributed by atoms with Crippen molar-refractivity contribution in [2.24, 2.45) is 0 Å². The van der Waals surface area contributed by atoms with Gasteiger partial charge in [0.15, 0.2) is 0 Å². The summed E-state index contributed by atoms with van der Waals surface area (Å²) in [5.41, 5.74) is 0.908. The van der Waals surface area contributed by atoms with Crippen LogP contribution in [0.4, 0.5) is 10.1 Å². The first kappa shape index (κ1) is 10.1. The van der Waals surface area contributed by atoms with Gasteiger partial charge < -0.3 is 5.32 Å². The first-order valence-corrected chi connectivity index (χ1v) is 4.15. The summed E-state index contributed by atoms with van der Waals surface area (Å²) in [5.74, 6) is 2.05. The van der Waals surface area contributed by atoms with Crippen LogP contribution in [-0.4, -0.2) is 6.54 Å². The van der Waals surface area contributed by atoms with Gasteiger partial charge in [-0.15, -0.1) is 12.3 Å². The molecule has 2 nitrogen and oxygen atoms in total. The summed E-state index contributed by atoms with van der Waals surface area (Å²) in [5, 5.41) is 11.7. The summed E-state index contributed by atoms with van der Waals surface area (Å²) >= 11 is 0. The SMILES string of the molecule is C#CCCNc1ccc(F)cc1C#N. The third-order valence-electron chi connectivity index (χ3n) is 1.69. The zero-order valence-electron chi connectivity index (χ0n) is 7.55. The molecule has 0 unspecified atom stereocenters. The molecule has 14 heavy (non-hydrogen) atoms. The van der Waals surface area contributed by atoms with E-state index in [0.717, 1.165) is 0 Å². The Morgan fingerprint density at radius 1 is 1.50 bits per heavy atom. The van der Waals surface area contributed by atoms with Crippen LogP contribution in [0.15, 0.2) is 18.2 Å². The van der Waals surface area contributed by atoms with Crippen molar-refractivity contribution in [1.29, 1.82) is 5.26 Å². The van der Waals surface area contributed by atoms with Crippen molar-refractivity contribution in [1.82, 2.24) is 0 Å². The largest absolute Gasteiger partial charge is 0.383 e. The summed E-state index contributed by atoms with van der Waals surface area (Å²) < 4.78 is 12.7. The van der Waals surface area contributed by atoms with E-state index in [1.165, 1.54) is 18.2 Å². The number of hydrogen-bond donors (Lipinski definition) is 1. The Hall–Kier alpha value is -2.00. The van der Waals surface area contributed by atoms with Crippen molar-refractivity contribution in [3.05, 3.63) is 29.6 Å². The van der Waals surface area contributed by atoms with E-state index in [1.807, 2.05) is 6.07 Å². The average Bonchev–Trinajstić information content (AvgIpc) is 2.20. The monoisotopic (exact) mass is 188 g/mol. The number of nitrogens with one attached hydrogen (secondary N) is 1. The molecule has 1 rings (SSSR count). The molecule has 70 valence electrons. The van der Waals surface area contributed by atoms with E-state index in [2.05, 4.69) is 11.2 Å². The Balaban J connectivity index is 2.78. The normalized spacial score (nSPS) is 8.79. The number of anilines is 1. The number of nitrogens with zero attached hydrogens (tertiary/aromatic N) is 1. The lowest BCUT2D eigenvalue weighted by molar-refractivity contribution is 0.627. The van der Waals surface area contributed by atoms with Crippen LogP contribution < -0.4 is 5.32 Å². The topological polar surface area (TPSA) is 35.8 Å². The number of terminal acetylenes is 1.